The van der Waals surface area contributed by atoms with Gasteiger partial charge in [-0.15, -0.1) is 0 Å². The molecule has 0 saturated heterocycles. The average Bonchev–Trinajstić information content (AvgIpc) is 3.19. The number of hydrogen-bond donors (Lipinski definition) is 0. The number of carboxylic acid groups (broad SMARTS) is 4. The van der Waals surface area contributed by atoms with Crippen LogP contribution in [0.2, 0.25) is 0 Å². The Kier molecular flexibility index (Phi) is 213. The predicted molar refractivity (Wildman–Crippen MR) is 251 cm³/mol. The Labute approximate surface area is 547 Å². The van der Waals surface area contributed by atoms with E-state index >= 15 is 0 Å². The Morgan fingerprint density at radius 3 is 0.302 bits per heavy atom. The molecule has 2 saturated carbocycles. The van der Waals surface area contributed by atoms with Gasteiger partial charge in [-0.05, 0) is 25.7 Å². The van der Waals surface area contributed by atoms with Gasteiger partial charge in [0.05, 0.1) is 109 Å². The fraction of sp³-hybridized carbons (Fsp3) is 0.550. The molecule has 2 aliphatic carbocycles. The molecule has 0 amide bonds. The van der Waals surface area contributed by atoms with Gasteiger partial charge in [-0.25, -0.2) is 0 Å². The van der Waals surface area contributed by atoms with Gasteiger partial charge in [0.1, 0.15) is 0 Å². The molecule has 46 heteroatoms. The second kappa shape index (κ2) is 124. The maximum atomic E-state index is 10.2. The molecule has 0 aromatic rings. The van der Waals surface area contributed by atoms with Crippen molar-refractivity contribution in [3.8, 4) is 85.0 Å². The summed E-state index contributed by atoms with van der Waals surface area (Å²) in [5, 5.41) is 143. The molecule has 0 radical (unpaired) electrons. The third kappa shape index (κ3) is 412. The molecule has 0 aromatic carbocycles. The molecule has 0 spiro atoms. The molecule has 0 atom stereocenters. The predicted octanol–water partition coefficient (Wildman–Crippen LogP) is 7.92. The Bertz CT molecular complexity index is 1690. The van der Waals surface area contributed by atoms with Crippen molar-refractivity contribution in [1.82, 2.24) is 0 Å². The Morgan fingerprint density at radius 2 is 0.302 bits per heavy atom. The van der Waals surface area contributed by atoms with Gasteiger partial charge in [0.2, 0.25) is 0 Å². The minimum atomic E-state index is -6.00. The van der Waals surface area contributed by atoms with Gasteiger partial charge in [0.15, 0.2) is 0 Å². The van der Waals surface area contributed by atoms with E-state index in [1.165, 1.54) is 96.9 Å². The van der Waals surface area contributed by atoms with Gasteiger partial charge in [0, 0.05) is 108 Å². The second-order valence-corrected chi connectivity index (χ2v) is 10.1. The molecular formula is C40H54B4F16Mo4N14O8. The van der Waals surface area contributed by atoms with Crippen LogP contribution in [0.25, 0.3) is 0 Å². The van der Waals surface area contributed by atoms with Crippen LogP contribution in [0.3, 0.4) is 0 Å². The van der Waals surface area contributed by atoms with Crippen molar-refractivity contribution in [3.63, 3.8) is 0 Å². The van der Waals surface area contributed by atoms with Gasteiger partial charge in [0.25, 0.3) is 0 Å². The van der Waals surface area contributed by atoms with Gasteiger partial charge in [-0.2, -0.15) is 73.7 Å². The van der Waals surface area contributed by atoms with Crippen molar-refractivity contribution in [1.29, 1.82) is 73.7 Å². The molecule has 22 nitrogen and oxygen atoms in total. The smallest absolute Gasteiger partial charge is 0.549 e. The van der Waals surface area contributed by atoms with Crippen LogP contribution in [0.4, 0.5) is 69.1 Å². The average molecular weight is 1590 g/mol. The van der Waals surface area contributed by atoms with E-state index in [4.69, 9.17) is 73.7 Å². The number of nitriles is 14. The first-order valence-corrected chi connectivity index (χ1v) is 19.7. The molecule has 0 unspecified atom stereocenters. The molecule has 0 heterocycles. The summed E-state index contributed by atoms with van der Waals surface area (Å²) in [4.78, 5) is 40.9. The van der Waals surface area contributed by atoms with Crippen molar-refractivity contribution in [3.05, 3.63) is 0 Å². The number of carbonyl (C=O) groups excluding carboxylic acids is 4. The summed E-state index contributed by atoms with van der Waals surface area (Å²) in [6.45, 7) is 20.0. The van der Waals surface area contributed by atoms with Crippen LogP contribution in [0.5, 0.6) is 0 Å². The van der Waals surface area contributed by atoms with Crippen LogP contribution in [-0.4, -0.2) is 52.9 Å². The third-order valence-corrected chi connectivity index (χ3v) is 3.98. The third-order valence-electron chi connectivity index (χ3n) is 3.98. The summed E-state index contributed by atoms with van der Waals surface area (Å²) in [6.07, 6.45) is 1.86. The number of nitrogens with zero attached hydrogens (tertiary/aromatic N) is 14. The maximum Gasteiger partial charge on any atom is 2.00 e. The monoisotopic (exact) mass is 1600 g/mol. The van der Waals surface area contributed by atoms with Crippen LogP contribution in [0.1, 0.15) is 135 Å². The van der Waals surface area contributed by atoms with Crippen LogP contribution in [-0.2, 0) is 103 Å². The van der Waals surface area contributed by atoms with Gasteiger partial charge in [-0.3, -0.25) is 0 Å². The standard InChI is InChI=1S/2C6H8O4.14C2H3N.4BF4.4Mo/c2*7-4(8)6(5(9)10)2-1-3-6;14*1-2-3;4*2-1(3,4)5;;;;/h2*1-3H2,(H,7,8)(H,9,10);14*1H3;;;;;;;;/q;;;;;;;;;;;;;;;;4*-1;4*+2/p-4. The van der Waals surface area contributed by atoms with E-state index in [1.807, 2.05) is 0 Å². The Morgan fingerprint density at radius 1 is 0.256 bits per heavy atom. The molecular weight excluding hydrogens is 1540 g/mol. The first-order valence-electron chi connectivity index (χ1n) is 19.7. The summed E-state index contributed by atoms with van der Waals surface area (Å²) in [5.74, 6) is -6.06. The summed E-state index contributed by atoms with van der Waals surface area (Å²) in [7, 11) is -24.0. The molecule has 2 fully saturated rings. The minimum Gasteiger partial charge on any atom is -0.549 e. The van der Waals surface area contributed by atoms with E-state index in [9.17, 15) is 109 Å². The van der Waals surface area contributed by atoms with E-state index in [0.717, 1.165) is 0 Å². The molecule has 2 aliphatic rings. The van der Waals surface area contributed by atoms with E-state index in [2.05, 4.69) is 0 Å². The van der Waals surface area contributed by atoms with Crippen molar-refractivity contribution in [2.45, 2.75) is 135 Å². The number of carboxylic acids is 4. The summed E-state index contributed by atoms with van der Waals surface area (Å²) < 4.78 is 156. The fourth-order valence-corrected chi connectivity index (χ4v) is 2.04. The number of rotatable bonds is 4. The zero-order valence-corrected chi connectivity index (χ0v) is 55.8. The molecule has 0 N–H and O–H groups in total. The maximum absolute atomic E-state index is 10.2. The number of carbonyl (C=O) groups is 4. The minimum absolute atomic E-state index is 0. The molecule has 0 bridgehead atoms. The molecule has 86 heavy (non-hydrogen) atoms. The summed E-state index contributed by atoms with van der Waals surface area (Å²) in [5.41, 5.74) is -3.33. The van der Waals surface area contributed by atoms with Crippen LogP contribution < -0.4 is 20.4 Å². The molecule has 480 valence electrons. The first kappa shape index (κ1) is 148. The fourth-order valence-electron chi connectivity index (χ4n) is 2.04. The van der Waals surface area contributed by atoms with E-state index in [0.29, 0.717) is 12.8 Å². The zero-order valence-electron chi connectivity index (χ0n) is 47.8. The molecule has 0 aromatic heterocycles. The van der Waals surface area contributed by atoms with Crippen molar-refractivity contribution < 1.29 is 193 Å². The van der Waals surface area contributed by atoms with Crippen molar-refractivity contribution in [2.24, 2.45) is 10.8 Å². The molecule has 2 rings (SSSR count). The second-order valence-electron chi connectivity index (χ2n) is 10.1. The van der Waals surface area contributed by atoms with Gasteiger partial charge in [-0.1, -0.05) is 12.8 Å². The van der Waals surface area contributed by atoms with E-state index in [-0.39, 0.29) is 110 Å². The van der Waals surface area contributed by atoms with Crippen molar-refractivity contribution in [2.75, 3.05) is 0 Å². The topological polar surface area (TPSA) is 494 Å². The first-order chi connectivity index (χ1) is 37.0. The van der Waals surface area contributed by atoms with E-state index < -0.39 is 63.7 Å². The molecule has 0 aliphatic heterocycles. The van der Waals surface area contributed by atoms with E-state index in [1.54, 1.807) is 85.0 Å². The Balaban J connectivity index is -0.0000000255. The van der Waals surface area contributed by atoms with Crippen LogP contribution in [0, 0.1) is 169 Å². The van der Waals surface area contributed by atoms with Gasteiger partial charge >= 0.3 is 113 Å². The SMILES string of the molecule is CC#N.CC#N.CC#N.CC#N.CC#N.CC#N.CC#N.CC#N.CC#N.CC#N.CC#N.CC#N.CC#N.CC#N.F[B-](F)(F)F.F[B-](F)(F)F.F[B-](F)(F)F.F[B-](F)(F)F.O=C([O-])C1(C(=O)[O-])CCC1.O=C([O-])C1(C(=O)[O-])CCC1.[Mo+2].[Mo+2].[Mo+2].[Mo+2]. The van der Waals surface area contributed by atoms with Crippen LogP contribution >= 0.6 is 0 Å². The number of hydrogen-bond acceptors (Lipinski definition) is 22. The summed E-state index contributed by atoms with van der Waals surface area (Å²) in [6, 6.07) is 24.5. The zero-order chi connectivity index (χ0) is 71.5. The summed E-state index contributed by atoms with van der Waals surface area (Å²) >= 11 is 0. The normalized spacial score (nSPS) is 9.02. The number of halogens is 16. The number of aliphatic carboxylic acids is 4. The van der Waals surface area contributed by atoms with Gasteiger partial charge < -0.3 is 109 Å². The largest absolute Gasteiger partial charge is 2.00 e. The van der Waals surface area contributed by atoms with Crippen LogP contribution in [0.15, 0.2) is 0 Å². The Hall–Kier alpha value is -7.37. The quantitative estimate of drug-likeness (QED) is 0.146. The van der Waals surface area contributed by atoms with Crippen molar-refractivity contribution >= 4 is 52.9 Å².